The summed E-state index contributed by atoms with van der Waals surface area (Å²) < 4.78 is 0. The van der Waals surface area contributed by atoms with Crippen LogP contribution < -0.4 is 0 Å². The van der Waals surface area contributed by atoms with Gasteiger partial charge in [-0.15, -0.1) is 0 Å². The number of aliphatic hydroxyl groups is 1. The van der Waals surface area contributed by atoms with Crippen molar-refractivity contribution in [3.05, 3.63) is 53.0 Å². The van der Waals surface area contributed by atoms with E-state index in [0.29, 0.717) is 0 Å². The zero-order chi connectivity index (χ0) is 18.7. The van der Waals surface area contributed by atoms with E-state index in [1.807, 2.05) is 19.9 Å². The molecule has 1 aromatic carbocycles. The summed E-state index contributed by atoms with van der Waals surface area (Å²) in [7, 11) is 0. The van der Waals surface area contributed by atoms with Crippen molar-refractivity contribution in [1.82, 2.24) is 0 Å². The van der Waals surface area contributed by atoms with E-state index in [9.17, 15) is 5.11 Å². The summed E-state index contributed by atoms with van der Waals surface area (Å²) >= 11 is 1.67. The Hall–Kier alpha value is -0.990. The number of allylic oxidation sites excluding steroid dienone is 3. The third-order valence-electron chi connectivity index (χ3n) is 5.04. The summed E-state index contributed by atoms with van der Waals surface area (Å²) in [4.78, 5) is 2.19. The van der Waals surface area contributed by atoms with Crippen LogP contribution in [0.5, 0.6) is 0 Å². The molecule has 0 aliphatic heterocycles. The zero-order valence-corrected chi connectivity index (χ0v) is 17.5. The molecule has 2 rings (SSSR count). The number of rotatable bonds is 4. The largest absolute Gasteiger partial charge is 0.385 e. The molecular formula is C24H36OS. The Labute approximate surface area is 165 Å². The zero-order valence-electron chi connectivity index (χ0n) is 16.7. The molecule has 0 saturated heterocycles. The molecule has 2 heteroatoms. The van der Waals surface area contributed by atoms with Gasteiger partial charge in [0.2, 0.25) is 0 Å². The van der Waals surface area contributed by atoms with E-state index in [4.69, 9.17) is 0 Å². The highest BCUT2D eigenvalue weighted by molar-refractivity contribution is 8.03. The highest BCUT2D eigenvalue weighted by atomic mass is 32.2. The molecule has 0 spiro atoms. The molecule has 1 aliphatic rings. The topological polar surface area (TPSA) is 20.2 Å². The maximum Gasteiger partial charge on any atom is 0.0902 e. The third-order valence-corrected chi connectivity index (χ3v) is 6.40. The van der Waals surface area contributed by atoms with Crippen molar-refractivity contribution in [2.75, 3.05) is 0 Å². The van der Waals surface area contributed by atoms with Gasteiger partial charge in [0.25, 0.3) is 0 Å². The lowest BCUT2D eigenvalue weighted by Crippen LogP contribution is -2.19. The van der Waals surface area contributed by atoms with Crippen LogP contribution in [-0.2, 0) is 0 Å². The van der Waals surface area contributed by atoms with Gasteiger partial charge >= 0.3 is 0 Å². The lowest BCUT2D eigenvalue weighted by Gasteiger charge is -2.21. The van der Waals surface area contributed by atoms with Gasteiger partial charge in [-0.05, 0) is 57.7 Å². The molecule has 0 unspecified atom stereocenters. The van der Waals surface area contributed by atoms with E-state index in [-0.39, 0.29) is 0 Å². The van der Waals surface area contributed by atoms with Gasteiger partial charge in [0, 0.05) is 9.80 Å². The molecule has 1 aromatic rings. The third kappa shape index (κ3) is 8.60. The first-order chi connectivity index (χ1) is 12.6. The summed E-state index contributed by atoms with van der Waals surface area (Å²) in [5, 5.41) is 10.6. The minimum atomic E-state index is -0.817. The summed E-state index contributed by atoms with van der Waals surface area (Å²) in [6.45, 7) is 3.77. The smallest absolute Gasteiger partial charge is 0.0902 e. The standard InChI is InChI=1S/C24H36OS/c1-24(2,25)23(26-22-17-13-10-14-18-22)20-19-21-15-11-8-6-4-3-5-7-9-12-16-21/h10,13-14,17-20,25H,3-9,11-12,15-16H2,1-2H3/b23-20-. The predicted molar refractivity (Wildman–Crippen MR) is 116 cm³/mol. The summed E-state index contributed by atoms with van der Waals surface area (Å²) in [5.41, 5.74) is 0.740. The van der Waals surface area contributed by atoms with E-state index in [0.717, 1.165) is 4.91 Å². The summed E-state index contributed by atoms with van der Waals surface area (Å²) in [6.07, 6.45) is 19.3. The molecule has 26 heavy (non-hydrogen) atoms. The average Bonchev–Trinajstić information content (AvgIpc) is 2.60. The van der Waals surface area contributed by atoms with E-state index in [1.54, 1.807) is 17.3 Å². The molecule has 0 heterocycles. The van der Waals surface area contributed by atoms with Crippen LogP contribution >= 0.6 is 11.8 Å². The second-order valence-electron chi connectivity index (χ2n) is 8.01. The predicted octanol–water partition coefficient (Wildman–Crippen LogP) is 7.66. The molecule has 1 saturated carbocycles. The van der Waals surface area contributed by atoms with Gasteiger partial charge in [-0.3, -0.25) is 0 Å². The number of thioether (sulfide) groups is 1. The van der Waals surface area contributed by atoms with Gasteiger partial charge in [-0.1, -0.05) is 86.6 Å². The summed E-state index contributed by atoms with van der Waals surface area (Å²) in [6, 6.07) is 10.3. The molecule has 0 aromatic heterocycles. The van der Waals surface area contributed by atoms with Crippen molar-refractivity contribution in [3.63, 3.8) is 0 Å². The lowest BCUT2D eigenvalue weighted by atomic mass is 9.97. The number of hydrogen-bond acceptors (Lipinski definition) is 2. The Bertz CT molecular complexity index is 552. The van der Waals surface area contributed by atoms with Crippen LogP contribution in [0.1, 0.15) is 84.5 Å². The first kappa shape index (κ1) is 21.3. The fraction of sp³-hybridized carbons (Fsp3) is 0.583. The van der Waals surface area contributed by atoms with Gasteiger partial charge < -0.3 is 5.11 Å². The van der Waals surface area contributed by atoms with E-state index >= 15 is 0 Å². The molecule has 1 fully saturated rings. The quantitative estimate of drug-likeness (QED) is 0.547. The Morgan fingerprint density at radius 2 is 1.35 bits per heavy atom. The van der Waals surface area contributed by atoms with E-state index in [2.05, 4.69) is 36.4 Å². The Kier molecular flexibility index (Phi) is 9.56. The van der Waals surface area contributed by atoms with Crippen LogP contribution in [0.3, 0.4) is 0 Å². The van der Waals surface area contributed by atoms with Crippen molar-refractivity contribution in [3.8, 4) is 0 Å². The van der Waals surface area contributed by atoms with Crippen LogP contribution in [0.4, 0.5) is 0 Å². The van der Waals surface area contributed by atoms with Crippen molar-refractivity contribution in [1.29, 1.82) is 0 Å². The van der Waals surface area contributed by atoms with Crippen molar-refractivity contribution < 1.29 is 5.11 Å². The lowest BCUT2D eigenvalue weighted by molar-refractivity contribution is 0.129. The first-order valence-electron chi connectivity index (χ1n) is 10.4. The van der Waals surface area contributed by atoms with Gasteiger partial charge in [0.1, 0.15) is 0 Å². The highest BCUT2D eigenvalue weighted by Gasteiger charge is 2.20. The van der Waals surface area contributed by atoms with Crippen LogP contribution in [0, 0.1) is 0 Å². The molecular weight excluding hydrogens is 336 g/mol. The Morgan fingerprint density at radius 1 is 0.846 bits per heavy atom. The molecule has 144 valence electrons. The van der Waals surface area contributed by atoms with Crippen LogP contribution in [0.25, 0.3) is 0 Å². The van der Waals surface area contributed by atoms with Crippen LogP contribution in [0.2, 0.25) is 0 Å². The second-order valence-corrected chi connectivity index (χ2v) is 9.13. The average molecular weight is 373 g/mol. The number of benzene rings is 1. The molecule has 1 aliphatic carbocycles. The van der Waals surface area contributed by atoms with Crippen LogP contribution in [0.15, 0.2) is 57.9 Å². The SMILES string of the molecule is CC(C)(O)/C(=C/C=C1CCCCCCCCCCC1)Sc1ccccc1. The molecule has 1 N–H and O–H groups in total. The molecule has 0 amide bonds. The summed E-state index contributed by atoms with van der Waals surface area (Å²) in [5.74, 6) is 0. The molecule has 0 bridgehead atoms. The number of hydrogen-bond donors (Lipinski definition) is 1. The maximum absolute atomic E-state index is 10.6. The normalized spacial score (nSPS) is 18.7. The Morgan fingerprint density at radius 3 is 1.85 bits per heavy atom. The van der Waals surface area contributed by atoms with Gasteiger partial charge in [-0.25, -0.2) is 0 Å². The van der Waals surface area contributed by atoms with E-state index < -0.39 is 5.60 Å². The first-order valence-corrected chi connectivity index (χ1v) is 11.2. The van der Waals surface area contributed by atoms with Crippen molar-refractivity contribution >= 4 is 11.8 Å². The van der Waals surface area contributed by atoms with Gasteiger partial charge in [0.15, 0.2) is 0 Å². The minimum Gasteiger partial charge on any atom is -0.385 e. The van der Waals surface area contributed by atoms with Crippen LogP contribution in [-0.4, -0.2) is 10.7 Å². The molecule has 0 atom stereocenters. The fourth-order valence-electron chi connectivity index (χ4n) is 3.41. The fourth-order valence-corrected chi connectivity index (χ4v) is 4.34. The highest BCUT2D eigenvalue weighted by Crippen LogP contribution is 2.34. The molecule has 1 nitrogen and oxygen atoms in total. The van der Waals surface area contributed by atoms with Gasteiger partial charge in [0.05, 0.1) is 5.60 Å². The van der Waals surface area contributed by atoms with Gasteiger partial charge in [-0.2, -0.15) is 0 Å². The monoisotopic (exact) mass is 372 g/mol. The second kappa shape index (κ2) is 11.7. The Balaban J connectivity index is 2.08. The minimum absolute atomic E-state index is 0.817. The maximum atomic E-state index is 10.6. The molecule has 0 radical (unpaired) electrons. The van der Waals surface area contributed by atoms with Crippen molar-refractivity contribution in [2.45, 2.75) is 95.0 Å². The van der Waals surface area contributed by atoms with Crippen molar-refractivity contribution in [2.24, 2.45) is 0 Å². The van der Waals surface area contributed by atoms with E-state index in [1.165, 1.54) is 75.5 Å².